The van der Waals surface area contributed by atoms with E-state index in [0.29, 0.717) is 46.5 Å². The Bertz CT molecular complexity index is 1670. The fourth-order valence-electron chi connectivity index (χ4n) is 5.13. The number of aromatic nitrogens is 1. The summed E-state index contributed by atoms with van der Waals surface area (Å²) in [6.45, 7) is 1.95. The minimum Gasteiger partial charge on any atom is -0.369 e. The van der Waals surface area contributed by atoms with Crippen LogP contribution in [-0.2, 0) is 17.5 Å². The largest absolute Gasteiger partial charge is 0.416 e. The third kappa shape index (κ3) is 7.06. The van der Waals surface area contributed by atoms with Crippen LogP contribution in [0, 0.1) is 5.92 Å². The van der Waals surface area contributed by atoms with Gasteiger partial charge < -0.3 is 11.1 Å². The van der Waals surface area contributed by atoms with Crippen LogP contribution in [0.25, 0.3) is 23.1 Å². The number of hydrogen-bond donors (Lipinski definition) is 2. The fourth-order valence-corrected chi connectivity index (χ4v) is 5.50. The molecule has 0 bridgehead atoms. The van der Waals surface area contributed by atoms with Crippen molar-refractivity contribution in [2.45, 2.75) is 25.6 Å². The molecule has 10 heteroatoms. The number of fused-ring (bicyclic) bond motifs is 1. The van der Waals surface area contributed by atoms with Gasteiger partial charge in [-0.05, 0) is 79.1 Å². The highest BCUT2D eigenvalue weighted by atomic mass is 79.9. The molecule has 42 heavy (non-hydrogen) atoms. The van der Waals surface area contributed by atoms with Crippen LogP contribution in [0.1, 0.15) is 45.6 Å². The summed E-state index contributed by atoms with van der Waals surface area (Å²) in [4.78, 5) is 32.3. The predicted molar refractivity (Wildman–Crippen MR) is 161 cm³/mol. The summed E-state index contributed by atoms with van der Waals surface area (Å²) >= 11 is 3.46. The molecule has 0 spiro atoms. The van der Waals surface area contributed by atoms with Crippen LogP contribution in [0.15, 0.2) is 77.3 Å². The lowest BCUT2D eigenvalue weighted by Gasteiger charge is -2.31. The molecule has 1 aliphatic rings. The SMILES string of the molecule is NC(=O)C1CCCN(Cc2ccccc2NC(=O)c2cc(/C=C/c3cccc(C(F)(F)F)c3)nc3ccc(Br)cc23)C1. The second-order valence-corrected chi connectivity index (χ2v) is 11.2. The molecule has 5 rings (SSSR count). The number of piperidine rings is 1. The van der Waals surface area contributed by atoms with E-state index >= 15 is 0 Å². The molecule has 1 aliphatic heterocycles. The summed E-state index contributed by atoms with van der Waals surface area (Å²) in [5, 5.41) is 3.66. The average molecular weight is 638 g/mol. The predicted octanol–water partition coefficient (Wildman–Crippen LogP) is 7.14. The Morgan fingerprint density at radius 2 is 1.86 bits per heavy atom. The second kappa shape index (κ2) is 12.5. The monoisotopic (exact) mass is 636 g/mol. The van der Waals surface area contributed by atoms with Crippen molar-refractivity contribution >= 4 is 56.5 Å². The van der Waals surface area contributed by atoms with Crippen molar-refractivity contribution in [2.75, 3.05) is 18.4 Å². The molecule has 6 nitrogen and oxygen atoms in total. The molecule has 2 amide bonds. The number of nitrogens with two attached hydrogens (primary N) is 1. The Labute approximate surface area is 249 Å². The number of para-hydroxylation sites is 1. The molecule has 2 heterocycles. The molecule has 1 unspecified atom stereocenters. The maximum Gasteiger partial charge on any atom is 0.416 e. The fraction of sp³-hybridized carbons (Fsp3) is 0.219. The first-order chi connectivity index (χ1) is 20.1. The summed E-state index contributed by atoms with van der Waals surface area (Å²) in [5.74, 6) is -0.838. The number of nitrogens with zero attached hydrogens (tertiary/aromatic N) is 2. The minimum atomic E-state index is -4.45. The zero-order valence-corrected chi connectivity index (χ0v) is 24.1. The van der Waals surface area contributed by atoms with Crippen LogP contribution in [-0.4, -0.2) is 34.8 Å². The van der Waals surface area contributed by atoms with Crippen molar-refractivity contribution in [1.29, 1.82) is 0 Å². The Morgan fingerprint density at radius 1 is 1.05 bits per heavy atom. The van der Waals surface area contributed by atoms with Gasteiger partial charge in [0.25, 0.3) is 5.91 Å². The molecule has 1 fully saturated rings. The molecule has 0 saturated carbocycles. The Kier molecular flexibility index (Phi) is 8.74. The van der Waals surface area contributed by atoms with Crippen molar-refractivity contribution in [1.82, 2.24) is 9.88 Å². The van der Waals surface area contributed by atoms with E-state index in [2.05, 4.69) is 31.1 Å². The Morgan fingerprint density at radius 3 is 2.64 bits per heavy atom. The third-order valence-electron chi connectivity index (χ3n) is 7.26. The lowest BCUT2D eigenvalue weighted by atomic mass is 9.97. The number of carbonyl (C=O) groups is 2. The van der Waals surface area contributed by atoms with E-state index in [1.165, 1.54) is 12.1 Å². The lowest BCUT2D eigenvalue weighted by Crippen LogP contribution is -2.40. The van der Waals surface area contributed by atoms with E-state index in [-0.39, 0.29) is 17.7 Å². The van der Waals surface area contributed by atoms with Gasteiger partial charge in [0.05, 0.1) is 28.3 Å². The van der Waals surface area contributed by atoms with Crippen LogP contribution in [0.4, 0.5) is 18.9 Å². The van der Waals surface area contributed by atoms with Gasteiger partial charge in [0.15, 0.2) is 0 Å². The third-order valence-corrected chi connectivity index (χ3v) is 7.76. The molecular formula is C32H28BrF3N4O2. The highest BCUT2D eigenvalue weighted by Crippen LogP contribution is 2.30. The highest BCUT2D eigenvalue weighted by Gasteiger charge is 2.30. The molecule has 0 aliphatic carbocycles. The Balaban J connectivity index is 1.43. The summed E-state index contributed by atoms with van der Waals surface area (Å²) in [6.07, 6.45) is 0.332. The molecule has 1 atom stereocenters. The maximum atomic E-state index is 13.7. The number of rotatable bonds is 7. The van der Waals surface area contributed by atoms with Crippen molar-refractivity contribution in [2.24, 2.45) is 11.7 Å². The van der Waals surface area contributed by atoms with E-state index in [1.807, 2.05) is 30.3 Å². The quantitative estimate of drug-likeness (QED) is 0.226. The molecule has 1 saturated heterocycles. The van der Waals surface area contributed by atoms with Gasteiger partial charge >= 0.3 is 6.18 Å². The first-order valence-electron chi connectivity index (χ1n) is 13.4. The van der Waals surface area contributed by atoms with Crippen LogP contribution >= 0.6 is 15.9 Å². The lowest BCUT2D eigenvalue weighted by molar-refractivity contribution is -0.137. The first kappa shape index (κ1) is 29.5. The number of alkyl halides is 3. The number of pyridine rings is 1. The first-order valence-corrected chi connectivity index (χ1v) is 14.2. The van der Waals surface area contributed by atoms with Crippen LogP contribution in [0.5, 0.6) is 0 Å². The summed E-state index contributed by atoms with van der Waals surface area (Å²) < 4.78 is 40.3. The topological polar surface area (TPSA) is 88.3 Å². The number of nitrogens with one attached hydrogen (secondary N) is 1. The number of hydrogen-bond acceptors (Lipinski definition) is 4. The van der Waals surface area contributed by atoms with Gasteiger partial charge in [-0.25, -0.2) is 4.98 Å². The van der Waals surface area contributed by atoms with E-state index in [0.717, 1.165) is 41.6 Å². The molecular weight excluding hydrogens is 609 g/mol. The molecule has 1 aromatic heterocycles. The van der Waals surface area contributed by atoms with Gasteiger partial charge in [-0.3, -0.25) is 14.5 Å². The number of halogens is 4. The second-order valence-electron chi connectivity index (χ2n) is 10.3. The van der Waals surface area contributed by atoms with Crippen molar-refractivity contribution in [3.63, 3.8) is 0 Å². The summed E-state index contributed by atoms with van der Waals surface area (Å²) in [5.41, 5.74) is 8.07. The van der Waals surface area contributed by atoms with Gasteiger partial charge in [-0.15, -0.1) is 0 Å². The van der Waals surface area contributed by atoms with Crippen LogP contribution in [0.2, 0.25) is 0 Å². The van der Waals surface area contributed by atoms with Gasteiger partial charge in [-0.1, -0.05) is 52.3 Å². The van der Waals surface area contributed by atoms with Crippen molar-refractivity contribution in [3.05, 3.63) is 105 Å². The standard InChI is InChI=1S/C32H28BrF3N4O2/c33-24-11-13-29-26(16-24)27(17-25(38-29)12-10-20-5-3-8-23(15-20)32(34,35)36)31(42)39-28-9-2-1-6-21(28)18-40-14-4-7-22(19-40)30(37)41/h1-3,5-6,8-13,15-17,22H,4,7,14,18-19H2,(H2,37,41)(H,39,42)/b12-10+. The number of anilines is 1. The smallest absolute Gasteiger partial charge is 0.369 e. The zero-order chi connectivity index (χ0) is 29.9. The van der Waals surface area contributed by atoms with E-state index in [1.54, 1.807) is 30.3 Å². The average Bonchev–Trinajstić information content (AvgIpc) is 2.96. The highest BCUT2D eigenvalue weighted by molar-refractivity contribution is 9.10. The van der Waals surface area contributed by atoms with E-state index in [9.17, 15) is 22.8 Å². The normalized spacial score (nSPS) is 16.1. The van der Waals surface area contributed by atoms with Gasteiger partial charge in [0, 0.05) is 28.6 Å². The molecule has 3 N–H and O–H groups in total. The zero-order valence-electron chi connectivity index (χ0n) is 22.5. The number of likely N-dealkylation sites (tertiary alicyclic amines) is 1. The van der Waals surface area contributed by atoms with Crippen molar-refractivity contribution < 1.29 is 22.8 Å². The minimum absolute atomic E-state index is 0.190. The summed E-state index contributed by atoms with van der Waals surface area (Å²) in [6, 6.07) is 19.5. The molecule has 3 aromatic carbocycles. The summed E-state index contributed by atoms with van der Waals surface area (Å²) in [7, 11) is 0. The van der Waals surface area contributed by atoms with E-state index in [4.69, 9.17) is 5.73 Å². The van der Waals surface area contributed by atoms with Crippen LogP contribution in [0.3, 0.4) is 0 Å². The molecule has 216 valence electrons. The van der Waals surface area contributed by atoms with Gasteiger partial charge in [0.1, 0.15) is 0 Å². The Hall–Kier alpha value is -4.02. The molecule has 4 aromatic rings. The number of benzene rings is 3. The molecule has 0 radical (unpaired) electrons. The number of carbonyl (C=O) groups excluding carboxylic acids is 2. The maximum absolute atomic E-state index is 13.7. The van der Waals surface area contributed by atoms with Gasteiger partial charge in [-0.2, -0.15) is 13.2 Å². The number of amides is 2. The van der Waals surface area contributed by atoms with Crippen LogP contribution < -0.4 is 11.1 Å². The van der Waals surface area contributed by atoms with E-state index < -0.39 is 11.7 Å². The van der Waals surface area contributed by atoms with Gasteiger partial charge in [0.2, 0.25) is 5.91 Å². The van der Waals surface area contributed by atoms with Crippen molar-refractivity contribution in [3.8, 4) is 0 Å². The number of primary amides is 1.